The Balaban J connectivity index is 1.58. The molecule has 1 aliphatic rings. The van der Waals surface area contributed by atoms with Crippen LogP contribution in [0.1, 0.15) is 18.9 Å². The summed E-state index contributed by atoms with van der Waals surface area (Å²) in [4.78, 5) is 17.2. The van der Waals surface area contributed by atoms with Gasteiger partial charge in [0.05, 0.1) is 49.4 Å². The number of carbonyl (C=O) groups is 1. The van der Waals surface area contributed by atoms with Crippen molar-refractivity contribution >= 4 is 32.7 Å². The summed E-state index contributed by atoms with van der Waals surface area (Å²) in [6.07, 6.45) is -0.672. The molecule has 4 rings (SSSR count). The highest BCUT2D eigenvalue weighted by Crippen LogP contribution is 2.34. The molecule has 2 heterocycles. The van der Waals surface area contributed by atoms with Crippen molar-refractivity contribution in [2.24, 2.45) is 0 Å². The van der Waals surface area contributed by atoms with Gasteiger partial charge in [0, 0.05) is 0 Å². The van der Waals surface area contributed by atoms with Crippen LogP contribution in [0.5, 0.6) is 11.6 Å². The number of hydrogen-bond donors (Lipinski definition) is 2. The zero-order valence-corrected chi connectivity index (χ0v) is 22.1. The van der Waals surface area contributed by atoms with Crippen molar-refractivity contribution < 1.29 is 35.9 Å². The SMILES string of the molecule is CCCS(=O)(=O)NC1(F)C=CC(F)=C(C(=O)Nc2cnc3c(c2)c(OC)nn3Cc2ccc(OC)cc2)C1F. The minimum absolute atomic E-state index is 0.0212. The fourth-order valence-corrected chi connectivity index (χ4v) is 5.32. The van der Waals surface area contributed by atoms with Crippen LogP contribution in [-0.4, -0.2) is 61.0 Å². The monoisotopic (exact) mass is 565 g/mol. The number of amides is 1. The highest BCUT2D eigenvalue weighted by molar-refractivity contribution is 7.89. The minimum Gasteiger partial charge on any atom is -0.497 e. The number of fused-ring (bicyclic) bond motifs is 1. The van der Waals surface area contributed by atoms with Crippen molar-refractivity contribution in [3.8, 4) is 11.6 Å². The molecule has 14 heteroatoms. The molecule has 10 nitrogen and oxygen atoms in total. The molecule has 0 fully saturated rings. The Morgan fingerprint density at radius 3 is 2.56 bits per heavy atom. The van der Waals surface area contributed by atoms with Gasteiger partial charge < -0.3 is 14.8 Å². The second-order valence-corrected chi connectivity index (χ2v) is 10.6. The molecule has 0 spiro atoms. The van der Waals surface area contributed by atoms with Gasteiger partial charge in [-0.05, 0) is 42.3 Å². The van der Waals surface area contributed by atoms with Crippen molar-refractivity contribution in [1.29, 1.82) is 0 Å². The summed E-state index contributed by atoms with van der Waals surface area (Å²) in [6, 6.07) is 8.75. The Labute approximate surface area is 222 Å². The summed E-state index contributed by atoms with van der Waals surface area (Å²) in [5, 5.41) is 7.07. The molecule has 0 aliphatic heterocycles. The van der Waals surface area contributed by atoms with Crippen LogP contribution in [0.25, 0.3) is 11.0 Å². The molecule has 0 bridgehead atoms. The number of methoxy groups -OCH3 is 2. The number of carbonyl (C=O) groups excluding carboxylic acids is 1. The van der Waals surface area contributed by atoms with Gasteiger partial charge in [-0.3, -0.25) is 4.79 Å². The molecule has 0 saturated carbocycles. The number of hydrogen-bond acceptors (Lipinski definition) is 7. The van der Waals surface area contributed by atoms with E-state index in [9.17, 15) is 17.6 Å². The largest absolute Gasteiger partial charge is 0.497 e. The van der Waals surface area contributed by atoms with Crippen LogP contribution < -0.4 is 19.5 Å². The van der Waals surface area contributed by atoms with Crippen LogP contribution in [0.4, 0.5) is 18.9 Å². The first-order chi connectivity index (χ1) is 18.5. The van der Waals surface area contributed by atoms with Crippen molar-refractivity contribution in [2.75, 3.05) is 25.3 Å². The second-order valence-electron chi connectivity index (χ2n) is 8.71. The zero-order chi connectivity index (χ0) is 28.4. The number of nitrogens with zero attached hydrogens (tertiary/aromatic N) is 3. The Kier molecular flexibility index (Phi) is 7.97. The molecule has 2 unspecified atom stereocenters. The summed E-state index contributed by atoms with van der Waals surface area (Å²) in [7, 11) is -1.28. The van der Waals surface area contributed by atoms with Gasteiger partial charge in [-0.1, -0.05) is 19.1 Å². The Hall–Kier alpha value is -3.91. The smallest absolute Gasteiger partial charge is 0.257 e. The third-order valence-electron chi connectivity index (χ3n) is 5.88. The standard InChI is InChI=1S/C25H26F3N5O5S/c1-4-11-39(35,36)32-25(28)10-9-19(26)20(21(25)27)23(34)30-16-12-18-22(29-13-16)33(31-24(18)38-3)14-15-5-7-17(37-2)8-6-15/h5-10,12-13,21,32H,4,11,14H2,1-3H3,(H,30,34). The molecule has 2 N–H and O–H groups in total. The van der Waals surface area contributed by atoms with Gasteiger partial charge in [0.15, 0.2) is 11.8 Å². The number of allylic oxidation sites excluding steroid dienone is 2. The molecule has 1 aromatic carbocycles. The molecular formula is C25H26F3N5O5S. The van der Waals surface area contributed by atoms with Crippen molar-refractivity contribution in [1.82, 2.24) is 19.5 Å². The highest BCUT2D eigenvalue weighted by Gasteiger charge is 2.48. The third kappa shape index (κ3) is 5.91. The van der Waals surface area contributed by atoms with E-state index in [4.69, 9.17) is 9.47 Å². The van der Waals surface area contributed by atoms with Gasteiger partial charge in [-0.15, -0.1) is 5.10 Å². The van der Waals surface area contributed by atoms with Gasteiger partial charge in [0.25, 0.3) is 5.91 Å². The Morgan fingerprint density at radius 1 is 1.21 bits per heavy atom. The van der Waals surface area contributed by atoms with E-state index in [0.29, 0.717) is 35.5 Å². The lowest BCUT2D eigenvalue weighted by atomic mass is 9.95. The fourth-order valence-electron chi connectivity index (χ4n) is 4.03. The summed E-state index contributed by atoms with van der Waals surface area (Å²) in [6.45, 7) is 1.87. The normalized spacial score (nSPS) is 19.4. The van der Waals surface area contributed by atoms with Gasteiger partial charge >= 0.3 is 0 Å². The van der Waals surface area contributed by atoms with E-state index >= 15 is 8.78 Å². The topological polar surface area (TPSA) is 124 Å². The lowest BCUT2D eigenvalue weighted by Gasteiger charge is -2.30. The minimum atomic E-state index is -4.24. The third-order valence-corrected chi connectivity index (χ3v) is 7.45. The number of benzene rings is 1. The van der Waals surface area contributed by atoms with E-state index in [0.717, 1.165) is 5.56 Å². The van der Waals surface area contributed by atoms with Gasteiger partial charge in [-0.2, -0.15) is 4.72 Å². The number of anilines is 1. The summed E-state index contributed by atoms with van der Waals surface area (Å²) >= 11 is 0. The lowest BCUT2D eigenvalue weighted by Crippen LogP contribution is -2.53. The maximum Gasteiger partial charge on any atom is 0.257 e. The maximum absolute atomic E-state index is 15.3. The summed E-state index contributed by atoms with van der Waals surface area (Å²) in [5.74, 6) is -5.60. The number of aromatic nitrogens is 3. The first-order valence-corrected chi connectivity index (χ1v) is 13.4. The van der Waals surface area contributed by atoms with Crippen LogP contribution in [0, 0.1) is 0 Å². The first kappa shape index (κ1) is 28.1. The molecule has 2 aromatic heterocycles. The van der Waals surface area contributed by atoms with Crippen molar-refractivity contribution in [3.05, 3.63) is 65.6 Å². The molecule has 208 valence electrons. The molecule has 0 saturated heterocycles. The molecule has 1 aliphatic carbocycles. The number of alkyl halides is 2. The molecular weight excluding hydrogens is 539 g/mol. The highest BCUT2D eigenvalue weighted by atomic mass is 32.2. The predicted octanol–water partition coefficient (Wildman–Crippen LogP) is 3.56. The summed E-state index contributed by atoms with van der Waals surface area (Å²) in [5.41, 5.74) is 0.116. The van der Waals surface area contributed by atoms with E-state index in [2.05, 4.69) is 15.4 Å². The van der Waals surface area contributed by atoms with Crippen LogP contribution in [-0.2, 0) is 21.4 Å². The molecule has 2 atom stereocenters. The van der Waals surface area contributed by atoms with Crippen LogP contribution in [0.3, 0.4) is 0 Å². The fraction of sp³-hybridized carbons (Fsp3) is 0.320. The Bertz CT molecular complexity index is 1560. The average Bonchev–Trinajstić information content (AvgIpc) is 3.23. The average molecular weight is 566 g/mol. The molecule has 1 amide bonds. The number of pyridine rings is 1. The maximum atomic E-state index is 15.3. The van der Waals surface area contributed by atoms with Gasteiger partial charge in [0.2, 0.25) is 21.7 Å². The van der Waals surface area contributed by atoms with Crippen molar-refractivity contribution in [2.45, 2.75) is 31.9 Å². The number of sulfonamides is 1. The van der Waals surface area contributed by atoms with E-state index in [1.807, 2.05) is 12.1 Å². The number of ether oxygens (including phenoxy) is 2. The molecule has 0 radical (unpaired) electrons. The van der Waals surface area contributed by atoms with E-state index < -0.39 is 45.0 Å². The number of rotatable bonds is 10. The quantitative estimate of drug-likeness (QED) is 0.360. The number of halogens is 3. The van der Waals surface area contributed by atoms with E-state index in [1.54, 1.807) is 28.6 Å². The lowest BCUT2D eigenvalue weighted by molar-refractivity contribution is -0.114. The number of nitrogens with one attached hydrogen (secondary N) is 2. The molecule has 3 aromatic rings. The van der Waals surface area contributed by atoms with E-state index in [1.165, 1.54) is 26.3 Å². The van der Waals surface area contributed by atoms with Gasteiger partial charge in [0.1, 0.15) is 11.6 Å². The van der Waals surface area contributed by atoms with Gasteiger partial charge in [-0.25, -0.2) is 31.3 Å². The zero-order valence-electron chi connectivity index (χ0n) is 21.2. The second kappa shape index (κ2) is 11.1. The van der Waals surface area contributed by atoms with Crippen LogP contribution in [0.15, 0.2) is 60.1 Å². The van der Waals surface area contributed by atoms with E-state index in [-0.39, 0.29) is 18.0 Å². The predicted molar refractivity (Wildman–Crippen MR) is 138 cm³/mol. The summed E-state index contributed by atoms with van der Waals surface area (Å²) < 4.78 is 82.6. The van der Waals surface area contributed by atoms with Crippen molar-refractivity contribution in [3.63, 3.8) is 0 Å². The molecule has 39 heavy (non-hydrogen) atoms. The van der Waals surface area contributed by atoms with Crippen LogP contribution in [0.2, 0.25) is 0 Å². The Morgan fingerprint density at radius 2 is 1.92 bits per heavy atom. The first-order valence-electron chi connectivity index (χ1n) is 11.8. The van der Waals surface area contributed by atoms with Crippen LogP contribution >= 0.6 is 0 Å².